The van der Waals surface area contributed by atoms with Crippen molar-refractivity contribution >= 4 is 44.0 Å². The molecular weight excluding hydrogens is 275 g/mol. The van der Waals surface area contributed by atoms with Crippen molar-refractivity contribution in [3.05, 3.63) is 34.0 Å². The predicted octanol–water partition coefficient (Wildman–Crippen LogP) is 3.72. The van der Waals surface area contributed by atoms with Crippen molar-refractivity contribution in [1.29, 1.82) is 0 Å². The van der Waals surface area contributed by atoms with Crippen LogP contribution in [-0.4, -0.2) is 19.1 Å². The van der Waals surface area contributed by atoms with Crippen molar-refractivity contribution in [2.45, 2.75) is 0 Å². The first kappa shape index (κ1) is 10.7. The fourth-order valence-electron chi connectivity index (χ4n) is 1.55. The summed E-state index contributed by atoms with van der Waals surface area (Å²) in [7, 11) is 4.02. The standard InChI is InChI=1S/C11H10BrClN2/c1-15(2)10-5-8(12)3-7-4-11(13)14-6-9(7)10/h3-6H,1-2H3. The second-order valence-electron chi connectivity index (χ2n) is 3.55. The molecule has 15 heavy (non-hydrogen) atoms. The van der Waals surface area contributed by atoms with Crippen LogP contribution in [0.3, 0.4) is 0 Å². The summed E-state index contributed by atoms with van der Waals surface area (Å²) in [5, 5.41) is 2.71. The van der Waals surface area contributed by atoms with E-state index in [0.717, 1.165) is 20.9 Å². The van der Waals surface area contributed by atoms with Crippen molar-refractivity contribution in [3.8, 4) is 0 Å². The maximum absolute atomic E-state index is 5.86. The average Bonchev–Trinajstić information content (AvgIpc) is 2.15. The van der Waals surface area contributed by atoms with E-state index in [1.807, 2.05) is 26.2 Å². The number of nitrogens with zero attached hydrogens (tertiary/aromatic N) is 2. The summed E-state index contributed by atoms with van der Waals surface area (Å²) in [6, 6.07) is 5.97. The van der Waals surface area contributed by atoms with Gasteiger partial charge in [-0.05, 0) is 23.6 Å². The van der Waals surface area contributed by atoms with Gasteiger partial charge in [0.2, 0.25) is 0 Å². The zero-order valence-corrected chi connectivity index (χ0v) is 10.8. The Morgan fingerprint density at radius 3 is 2.67 bits per heavy atom. The van der Waals surface area contributed by atoms with Crippen LogP contribution >= 0.6 is 27.5 Å². The van der Waals surface area contributed by atoms with Crippen LogP contribution in [0.5, 0.6) is 0 Å². The number of rotatable bonds is 1. The van der Waals surface area contributed by atoms with Gasteiger partial charge in [-0.1, -0.05) is 27.5 Å². The van der Waals surface area contributed by atoms with Gasteiger partial charge in [0, 0.05) is 35.8 Å². The molecule has 0 aliphatic carbocycles. The number of halogens is 2. The SMILES string of the molecule is CN(C)c1cc(Br)cc2cc(Cl)ncc12. The Morgan fingerprint density at radius 1 is 1.27 bits per heavy atom. The Morgan fingerprint density at radius 2 is 2.00 bits per heavy atom. The fraction of sp³-hybridized carbons (Fsp3) is 0.182. The van der Waals surface area contributed by atoms with Gasteiger partial charge in [0.05, 0.1) is 0 Å². The van der Waals surface area contributed by atoms with Crippen molar-refractivity contribution in [3.63, 3.8) is 0 Å². The molecule has 0 N–H and O–H groups in total. The van der Waals surface area contributed by atoms with Gasteiger partial charge in [0.1, 0.15) is 5.15 Å². The molecule has 78 valence electrons. The summed E-state index contributed by atoms with van der Waals surface area (Å²) in [5.41, 5.74) is 1.13. The molecule has 0 aliphatic heterocycles. The van der Waals surface area contributed by atoms with Crippen molar-refractivity contribution in [1.82, 2.24) is 4.98 Å². The molecule has 2 nitrogen and oxygen atoms in total. The number of pyridine rings is 1. The highest BCUT2D eigenvalue weighted by Gasteiger charge is 2.05. The first-order valence-corrected chi connectivity index (χ1v) is 5.67. The molecule has 0 saturated carbocycles. The third-order valence-corrected chi connectivity index (χ3v) is 2.89. The number of anilines is 1. The van der Waals surface area contributed by atoms with E-state index in [9.17, 15) is 0 Å². The summed E-state index contributed by atoms with van der Waals surface area (Å²) >= 11 is 9.35. The van der Waals surface area contributed by atoms with Crippen molar-refractivity contribution in [2.24, 2.45) is 0 Å². The number of hydrogen-bond donors (Lipinski definition) is 0. The first-order valence-electron chi connectivity index (χ1n) is 4.50. The minimum atomic E-state index is 0.519. The second kappa shape index (κ2) is 3.99. The maximum Gasteiger partial charge on any atom is 0.129 e. The average molecular weight is 286 g/mol. The van der Waals surface area contributed by atoms with Gasteiger partial charge >= 0.3 is 0 Å². The molecule has 2 aromatic rings. The van der Waals surface area contributed by atoms with Crippen LogP contribution in [0.1, 0.15) is 0 Å². The van der Waals surface area contributed by atoms with Crippen LogP contribution in [-0.2, 0) is 0 Å². The molecule has 1 aromatic carbocycles. The smallest absolute Gasteiger partial charge is 0.129 e. The van der Waals surface area contributed by atoms with E-state index in [1.54, 1.807) is 6.20 Å². The zero-order valence-electron chi connectivity index (χ0n) is 8.46. The van der Waals surface area contributed by atoms with Gasteiger partial charge < -0.3 is 4.90 Å². The Kier molecular flexibility index (Phi) is 2.85. The highest BCUT2D eigenvalue weighted by molar-refractivity contribution is 9.10. The van der Waals surface area contributed by atoms with E-state index in [-0.39, 0.29) is 0 Å². The summed E-state index contributed by atoms with van der Waals surface area (Å²) in [6.07, 6.45) is 1.80. The van der Waals surface area contributed by atoms with Gasteiger partial charge in [-0.2, -0.15) is 0 Å². The molecule has 0 saturated heterocycles. The fourth-order valence-corrected chi connectivity index (χ4v) is 2.18. The van der Waals surface area contributed by atoms with Crippen LogP contribution in [0, 0.1) is 0 Å². The molecule has 0 bridgehead atoms. The van der Waals surface area contributed by atoms with E-state index in [4.69, 9.17) is 11.6 Å². The number of hydrogen-bond acceptors (Lipinski definition) is 2. The maximum atomic E-state index is 5.86. The van der Waals surface area contributed by atoms with Crippen LogP contribution < -0.4 is 4.90 Å². The normalized spacial score (nSPS) is 10.7. The molecule has 1 heterocycles. The molecular formula is C11H10BrClN2. The van der Waals surface area contributed by atoms with Crippen molar-refractivity contribution < 1.29 is 0 Å². The lowest BCUT2D eigenvalue weighted by atomic mass is 10.1. The minimum absolute atomic E-state index is 0.519. The molecule has 1 aromatic heterocycles. The van der Waals surface area contributed by atoms with E-state index in [1.165, 1.54) is 0 Å². The molecule has 0 amide bonds. The lowest BCUT2D eigenvalue weighted by molar-refractivity contribution is 1.14. The first-order chi connectivity index (χ1) is 7.08. The van der Waals surface area contributed by atoms with Crippen LogP contribution in [0.25, 0.3) is 10.8 Å². The van der Waals surface area contributed by atoms with Gasteiger partial charge in [-0.3, -0.25) is 0 Å². The lowest BCUT2D eigenvalue weighted by Gasteiger charge is -2.15. The molecule has 0 atom stereocenters. The summed E-state index contributed by atoms with van der Waals surface area (Å²) < 4.78 is 1.04. The highest BCUT2D eigenvalue weighted by Crippen LogP contribution is 2.30. The van der Waals surface area contributed by atoms with Crippen molar-refractivity contribution in [2.75, 3.05) is 19.0 Å². The summed E-state index contributed by atoms with van der Waals surface area (Å²) in [4.78, 5) is 6.16. The molecule has 0 fully saturated rings. The molecule has 2 rings (SSSR count). The molecule has 4 heteroatoms. The van der Waals surface area contributed by atoms with E-state index in [0.29, 0.717) is 5.15 Å². The van der Waals surface area contributed by atoms with E-state index in [2.05, 4.69) is 31.9 Å². The summed E-state index contributed by atoms with van der Waals surface area (Å²) in [5.74, 6) is 0. The quantitative estimate of drug-likeness (QED) is 0.743. The third kappa shape index (κ3) is 2.08. The molecule has 0 unspecified atom stereocenters. The Balaban J connectivity index is 2.80. The zero-order chi connectivity index (χ0) is 11.0. The number of aromatic nitrogens is 1. The molecule has 0 aliphatic rings. The van der Waals surface area contributed by atoms with Gasteiger partial charge in [0.25, 0.3) is 0 Å². The third-order valence-electron chi connectivity index (χ3n) is 2.23. The number of fused-ring (bicyclic) bond motifs is 1. The molecule has 0 spiro atoms. The van der Waals surface area contributed by atoms with E-state index < -0.39 is 0 Å². The largest absolute Gasteiger partial charge is 0.377 e. The van der Waals surface area contributed by atoms with Gasteiger partial charge in [-0.25, -0.2) is 4.98 Å². The monoisotopic (exact) mass is 284 g/mol. The summed E-state index contributed by atoms with van der Waals surface area (Å²) in [6.45, 7) is 0. The van der Waals surface area contributed by atoms with E-state index >= 15 is 0 Å². The Labute approximate surface area is 102 Å². The molecule has 0 radical (unpaired) electrons. The Hall–Kier alpha value is -0.800. The second-order valence-corrected chi connectivity index (χ2v) is 4.85. The van der Waals surface area contributed by atoms with Gasteiger partial charge in [-0.15, -0.1) is 0 Å². The number of benzene rings is 1. The van der Waals surface area contributed by atoms with Crippen LogP contribution in [0.15, 0.2) is 28.9 Å². The minimum Gasteiger partial charge on any atom is -0.377 e. The topological polar surface area (TPSA) is 16.1 Å². The van der Waals surface area contributed by atoms with Crippen LogP contribution in [0.4, 0.5) is 5.69 Å². The predicted molar refractivity (Wildman–Crippen MR) is 68.8 cm³/mol. The lowest BCUT2D eigenvalue weighted by Crippen LogP contribution is -2.09. The highest BCUT2D eigenvalue weighted by atomic mass is 79.9. The Bertz CT molecular complexity index is 506. The van der Waals surface area contributed by atoms with Crippen LogP contribution in [0.2, 0.25) is 5.15 Å². The van der Waals surface area contributed by atoms with Gasteiger partial charge in [0.15, 0.2) is 0 Å².